The number of hydrogen-bond acceptors (Lipinski definition) is 5. The van der Waals surface area contributed by atoms with Gasteiger partial charge in [-0.3, -0.25) is 19.3 Å². The molecule has 0 atom stereocenters. The number of halogens is 4. The molecule has 3 aromatic carbocycles. The molecule has 4 rings (SSSR count). The highest BCUT2D eigenvalue weighted by Gasteiger charge is 2.36. The Bertz CT molecular complexity index is 1400. The SMILES string of the molecule is O=C(CN1C(=O)S/C(=C/c2cccc(OCc3ccc(Cl)cc3Cl)c2)C1=O)Nc1ccc(Br)c(Cl)c1. The summed E-state index contributed by atoms with van der Waals surface area (Å²) in [6, 6.07) is 17.1. The Labute approximate surface area is 234 Å². The number of imide groups is 1. The highest BCUT2D eigenvalue weighted by Crippen LogP contribution is 2.33. The van der Waals surface area contributed by atoms with Crippen LogP contribution in [0.1, 0.15) is 11.1 Å². The van der Waals surface area contributed by atoms with Gasteiger partial charge in [-0.2, -0.15) is 0 Å². The van der Waals surface area contributed by atoms with Gasteiger partial charge in [-0.15, -0.1) is 0 Å². The summed E-state index contributed by atoms with van der Waals surface area (Å²) < 4.78 is 6.50. The van der Waals surface area contributed by atoms with E-state index >= 15 is 0 Å². The van der Waals surface area contributed by atoms with Crippen molar-refractivity contribution < 1.29 is 19.1 Å². The summed E-state index contributed by atoms with van der Waals surface area (Å²) >= 11 is 22.2. The molecule has 0 spiro atoms. The van der Waals surface area contributed by atoms with Gasteiger partial charge in [-0.1, -0.05) is 53.0 Å². The highest BCUT2D eigenvalue weighted by molar-refractivity contribution is 9.10. The largest absolute Gasteiger partial charge is 0.489 e. The van der Waals surface area contributed by atoms with E-state index in [1.54, 1.807) is 66.7 Å². The van der Waals surface area contributed by atoms with E-state index in [1.807, 2.05) is 0 Å². The lowest BCUT2D eigenvalue weighted by Gasteiger charge is -2.12. The first-order valence-corrected chi connectivity index (χ1v) is 13.1. The van der Waals surface area contributed by atoms with Crippen LogP contribution in [0, 0.1) is 0 Å². The second-order valence-corrected chi connectivity index (χ2v) is 10.6. The minimum absolute atomic E-state index is 0.206. The van der Waals surface area contributed by atoms with E-state index in [2.05, 4.69) is 21.2 Å². The van der Waals surface area contributed by atoms with Gasteiger partial charge in [0.25, 0.3) is 11.1 Å². The van der Waals surface area contributed by atoms with Crippen LogP contribution in [0.15, 0.2) is 70.0 Å². The van der Waals surface area contributed by atoms with Gasteiger partial charge in [0.15, 0.2) is 0 Å². The number of rotatable bonds is 7. The summed E-state index contributed by atoms with van der Waals surface area (Å²) in [5, 5.41) is 3.56. The molecule has 6 nitrogen and oxygen atoms in total. The molecule has 0 bridgehead atoms. The third kappa shape index (κ3) is 6.63. The molecule has 11 heteroatoms. The molecule has 1 saturated heterocycles. The lowest BCUT2D eigenvalue weighted by atomic mass is 10.2. The third-order valence-electron chi connectivity index (χ3n) is 4.94. The Morgan fingerprint density at radius 1 is 1.03 bits per heavy atom. The number of nitrogens with zero attached hydrogens (tertiary/aromatic N) is 1. The molecule has 36 heavy (non-hydrogen) atoms. The first-order valence-electron chi connectivity index (χ1n) is 10.4. The quantitative estimate of drug-likeness (QED) is 0.273. The summed E-state index contributed by atoms with van der Waals surface area (Å²) in [6.45, 7) is -0.185. The fraction of sp³-hybridized carbons (Fsp3) is 0.0800. The molecule has 0 unspecified atom stereocenters. The number of anilines is 1. The zero-order valence-electron chi connectivity index (χ0n) is 18.3. The van der Waals surface area contributed by atoms with Crippen LogP contribution in [-0.2, 0) is 16.2 Å². The summed E-state index contributed by atoms with van der Waals surface area (Å²) in [5.74, 6) is -0.511. The van der Waals surface area contributed by atoms with Crippen molar-refractivity contribution in [1.82, 2.24) is 4.90 Å². The summed E-state index contributed by atoms with van der Waals surface area (Å²) in [6.07, 6.45) is 1.58. The van der Waals surface area contributed by atoms with Crippen molar-refractivity contribution in [3.8, 4) is 5.75 Å². The minimum Gasteiger partial charge on any atom is -0.489 e. The Kier molecular flexibility index (Phi) is 8.64. The highest BCUT2D eigenvalue weighted by atomic mass is 79.9. The fourth-order valence-electron chi connectivity index (χ4n) is 3.20. The summed E-state index contributed by atoms with van der Waals surface area (Å²) in [4.78, 5) is 38.8. The van der Waals surface area contributed by atoms with Crippen molar-refractivity contribution in [2.45, 2.75) is 6.61 Å². The van der Waals surface area contributed by atoms with Crippen molar-refractivity contribution in [2.75, 3.05) is 11.9 Å². The van der Waals surface area contributed by atoms with Crippen LogP contribution in [0.2, 0.25) is 15.1 Å². The molecule has 0 aliphatic carbocycles. The van der Waals surface area contributed by atoms with Gasteiger partial charge in [0.05, 0.1) is 9.93 Å². The van der Waals surface area contributed by atoms with Gasteiger partial charge in [0.1, 0.15) is 18.9 Å². The van der Waals surface area contributed by atoms with Crippen LogP contribution in [-0.4, -0.2) is 28.5 Å². The average molecular weight is 627 g/mol. The van der Waals surface area contributed by atoms with Gasteiger partial charge >= 0.3 is 0 Å². The minimum atomic E-state index is -0.548. The van der Waals surface area contributed by atoms with Crippen LogP contribution < -0.4 is 10.1 Å². The van der Waals surface area contributed by atoms with Crippen LogP contribution in [0.5, 0.6) is 5.75 Å². The van der Waals surface area contributed by atoms with Crippen LogP contribution in [0.4, 0.5) is 10.5 Å². The van der Waals surface area contributed by atoms with Gasteiger partial charge in [-0.25, -0.2) is 0 Å². The molecule has 3 aromatic rings. The van der Waals surface area contributed by atoms with Crippen LogP contribution >= 0.6 is 62.5 Å². The van der Waals surface area contributed by atoms with Crippen LogP contribution in [0.3, 0.4) is 0 Å². The first kappa shape index (κ1) is 26.6. The molecule has 1 N–H and O–H groups in total. The zero-order chi connectivity index (χ0) is 25.8. The standard InChI is InChI=1S/C25H16BrCl3N2O4S/c26-19-7-6-17(11-21(19)29)30-23(32)12-31-24(33)22(36-25(31)34)9-14-2-1-3-18(8-14)35-13-15-4-5-16(27)10-20(15)28/h1-11H,12-13H2,(H,30,32)/b22-9+. The lowest BCUT2D eigenvalue weighted by molar-refractivity contribution is -0.127. The van der Waals surface area contributed by atoms with E-state index < -0.39 is 23.6 Å². The number of carbonyl (C=O) groups excluding carboxylic acids is 3. The normalized spacial score (nSPS) is 14.4. The van der Waals surface area contributed by atoms with Gasteiger partial charge in [0.2, 0.25) is 5.91 Å². The number of benzene rings is 3. The molecular weight excluding hydrogens is 611 g/mol. The zero-order valence-corrected chi connectivity index (χ0v) is 22.9. The Balaban J connectivity index is 1.40. The maximum Gasteiger partial charge on any atom is 0.294 e. The molecule has 1 fully saturated rings. The number of thioether (sulfide) groups is 1. The van der Waals surface area contributed by atoms with E-state index in [1.165, 1.54) is 0 Å². The Hall–Kier alpha value is -2.49. The predicted molar refractivity (Wildman–Crippen MR) is 148 cm³/mol. The van der Waals surface area contributed by atoms with Crippen molar-refractivity contribution >= 4 is 91.3 Å². The van der Waals surface area contributed by atoms with Crippen LogP contribution in [0.25, 0.3) is 6.08 Å². The molecule has 0 radical (unpaired) electrons. The summed E-state index contributed by atoms with van der Waals surface area (Å²) in [7, 11) is 0. The van der Waals surface area contributed by atoms with Crippen molar-refractivity contribution in [3.05, 3.63) is 96.2 Å². The predicted octanol–water partition coefficient (Wildman–Crippen LogP) is 7.66. The number of carbonyl (C=O) groups is 3. The topological polar surface area (TPSA) is 75.7 Å². The second-order valence-electron chi connectivity index (χ2n) is 7.54. The van der Waals surface area contributed by atoms with E-state index in [0.29, 0.717) is 36.5 Å². The lowest BCUT2D eigenvalue weighted by Crippen LogP contribution is -2.36. The molecule has 3 amide bonds. The third-order valence-corrected chi connectivity index (χ3v) is 7.67. The van der Waals surface area contributed by atoms with E-state index in [0.717, 1.165) is 22.2 Å². The van der Waals surface area contributed by atoms with E-state index in [4.69, 9.17) is 39.5 Å². The number of ether oxygens (including phenoxy) is 1. The van der Waals surface area contributed by atoms with E-state index in [-0.39, 0.29) is 11.5 Å². The fourth-order valence-corrected chi connectivity index (χ4v) is 4.93. The maximum atomic E-state index is 12.8. The van der Waals surface area contributed by atoms with Crippen molar-refractivity contribution in [1.29, 1.82) is 0 Å². The van der Waals surface area contributed by atoms with E-state index in [9.17, 15) is 14.4 Å². The molecule has 0 aromatic heterocycles. The Morgan fingerprint density at radius 2 is 1.83 bits per heavy atom. The van der Waals surface area contributed by atoms with Gasteiger partial charge in [-0.05, 0) is 81.8 Å². The first-order chi connectivity index (χ1) is 17.2. The summed E-state index contributed by atoms with van der Waals surface area (Å²) in [5.41, 5.74) is 1.89. The molecular formula is C25H16BrCl3N2O4S. The number of hydrogen-bond donors (Lipinski definition) is 1. The Morgan fingerprint density at radius 3 is 2.58 bits per heavy atom. The van der Waals surface area contributed by atoms with Gasteiger partial charge < -0.3 is 10.1 Å². The average Bonchev–Trinajstić information content (AvgIpc) is 3.08. The second kappa shape index (κ2) is 11.7. The monoisotopic (exact) mass is 624 g/mol. The van der Waals surface area contributed by atoms with Gasteiger partial charge in [0, 0.05) is 25.8 Å². The molecule has 1 heterocycles. The van der Waals surface area contributed by atoms with Crippen molar-refractivity contribution in [2.24, 2.45) is 0 Å². The molecule has 0 saturated carbocycles. The maximum absolute atomic E-state index is 12.8. The number of amides is 3. The van der Waals surface area contributed by atoms with Crippen molar-refractivity contribution in [3.63, 3.8) is 0 Å². The molecule has 184 valence electrons. The molecule has 1 aliphatic heterocycles. The smallest absolute Gasteiger partial charge is 0.294 e. The molecule has 1 aliphatic rings. The number of nitrogens with one attached hydrogen (secondary N) is 1.